The molecule has 12 heteroatoms. The Morgan fingerprint density at radius 2 is 1.88 bits per heavy atom. The summed E-state index contributed by atoms with van der Waals surface area (Å²) < 4.78 is 34.8. The quantitative estimate of drug-likeness (QED) is 0.222. The van der Waals surface area contributed by atoms with Gasteiger partial charge in [0.15, 0.2) is 15.5 Å². The van der Waals surface area contributed by atoms with E-state index in [4.69, 9.17) is 14.8 Å². The molecule has 2 aromatic carbocycles. The van der Waals surface area contributed by atoms with Crippen molar-refractivity contribution in [1.82, 2.24) is 24.1 Å². The number of nitrogens with zero attached hydrogens (tertiary/aromatic N) is 5. The van der Waals surface area contributed by atoms with E-state index < -0.39 is 27.8 Å². The Morgan fingerprint density at radius 1 is 1.10 bits per heavy atom. The van der Waals surface area contributed by atoms with Crippen molar-refractivity contribution in [2.24, 2.45) is 7.05 Å². The molecule has 0 atom stereocenters. The zero-order valence-electron chi connectivity index (χ0n) is 24.2. The minimum Gasteiger partial charge on any atom is -0.495 e. The van der Waals surface area contributed by atoms with Crippen LogP contribution in [-0.2, 0) is 29.0 Å². The number of fused-ring (bicyclic) bond motifs is 1. The van der Waals surface area contributed by atoms with Crippen molar-refractivity contribution < 1.29 is 23.4 Å². The second kappa shape index (κ2) is 11.2. The first kappa shape index (κ1) is 29.2. The van der Waals surface area contributed by atoms with Crippen molar-refractivity contribution in [2.75, 3.05) is 24.8 Å². The number of imidazole rings is 1. The number of nitrogens with one attached hydrogen (secondary N) is 1. The van der Waals surface area contributed by atoms with Crippen LogP contribution in [0.4, 0.5) is 5.82 Å². The summed E-state index contributed by atoms with van der Waals surface area (Å²) in [6, 6.07) is 14.7. The van der Waals surface area contributed by atoms with Crippen molar-refractivity contribution in [2.45, 2.75) is 37.8 Å². The second-order valence-corrected chi connectivity index (χ2v) is 12.7. The number of hydrogen-bond acceptors (Lipinski definition) is 9. The molecule has 0 aliphatic carbocycles. The molecule has 5 aromatic rings. The lowest BCUT2D eigenvalue weighted by Crippen LogP contribution is -2.19. The molecule has 0 fully saturated rings. The van der Waals surface area contributed by atoms with Gasteiger partial charge in [0.1, 0.15) is 27.9 Å². The van der Waals surface area contributed by atoms with E-state index in [1.807, 2.05) is 42.9 Å². The molecule has 0 radical (unpaired) electrons. The van der Waals surface area contributed by atoms with Gasteiger partial charge < -0.3 is 24.8 Å². The van der Waals surface area contributed by atoms with Gasteiger partial charge in [-0.2, -0.15) is 9.61 Å². The van der Waals surface area contributed by atoms with Crippen LogP contribution >= 0.6 is 0 Å². The SMILES string of the molecule is COc1ccc(-c2c(C)nn3c(NCc4cccc(-c5nccn5C)c4)cc(C(C)(C)O)nc23)cc1S(=O)(=O)CCO. The molecule has 0 bridgehead atoms. The molecule has 3 heterocycles. The number of sulfone groups is 1. The van der Waals surface area contributed by atoms with Gasteiger partial charge in [0.2, 0.25) is 0 Å². The lowest BCUT2D eigenvalue weighted by molar-refractivity contribution is 0.0740. The Kier molecular flexibility index (Phi) is 7.80. The molecular weight excluding hydrogens is 556 g/mol. The fourth-order valence-electron chi connectivity index (χ4n) is 4.86. The molecule has 11 nitrogen and oxygen atoms in total. The summed E-state index contributed by atoms with van der Waals surface area (Å²) in [5.74, 6) is 1.22. The average molecular weight is 591 g/mol. The average Bonchev–Trinajstić information content (AvgIpc) is 3.53. The van der Waals surface area contributed by atoms with Crippen LogP contribution in [0.2, 0.25) is 0 Å². The van der Waals surface area contributed by atoms with E-state index >= 15 is 0 Å². The number of aliphatic hydroxyl groups excluding tert-OH is 1. The van der Waals surface area contributed by atoms with E-state index in [0.717, 1.165) is 17.0 Å². The van der Waals surface area contributed by atoms with E-state index in [9.17, 15) is 18.6 Å². The van der Waals surface area contributed by atoms with Crippen LogP contribution in [0.3, 0.4) is 0 Å². The Balaban J connectivity index is 1.60. The molecule has 3 N–H and O–H groups in total. The Bertz CT molecular complexity index is 1870. The fourth-order valence-corrected chi connectivity index (χ4v) is 6.09. The maximum Gasteiger partial charge on any atom is 0.184 e. The van der Waals surface area contributed by atoms with Crippen LogP contribution in [0.1, 0.15) is 30.8 Å². The molecule has 0 aliphatic heterocycles. The first-order chi connectivity index (χ1) is 19.9. The number of anilines is 1. The summed E-state index contributed by atoms with van der Waals surface area (Å²) in [5.41, 5.74) is 3.41. The van der Waals surface area contributed by atoms with Crippen molar-refractivity contribution in [1.29, 1.82) is 0 Å². The van der Waals surface area contributed by atoms with Crippen LogP contribution in [0.5, 0.6) is 5.75 Å². The van der Waals surface area contributed by atoms with Crippen molar-refractivity contribution in [3.63, 3.8) is 0 Å². The van der Waals surface area contributed by atoms with Gasteiger partial charge in [-0.05, 0) is 50.1 Å². The Hall–Kier alpha value is -4.26. The smallest absolute Gasteiger partial charge is 0.184 e. The van der Waals surface area contributed by atoms with Crippen molar-refractivity contribution in [3.05, 3.63) is 77.9 Å². The first-order valence-corrected chi connectivity index (χ1v) is 15.0. The van der Waals surface area contributed by atoms with E-state index in [1.165, 1.54) is 13.2 Å². The third-order valence-electron chi connectivity index (χ3n) is 7.02. The van der Waals surface area contributed by atoms with Gasteiger partial charge in [-0.25, -0.2) is 18.4 Å². The topological polar surface area (TPSA) is 144 Å². The van der Waals surface area contributed by atoms with Gasteiger partial charge in [-0.3, -0.25) is 0 Å². The number of methoxy groups -OCH3 is 1. The normalized spacial score (nSPS) is 12.2. The predicted octanol–water partition coefficient (Wildman–Crippen LogP) is 3.72. The summed E-state index contributed by atoms with van der Waals surface area (Å²) in [4.78, 5) is 9.18. The van der Waals surface area contributed by atoms with Gasteiger partial charge in [-0.1, -0.05) is 24.3 Å². The van der Waals surface area contributed by atoms with E-state index in [-0.39, 0.29) is 10.6 Å². The predicted molar refractivity (Wildman–Crippen MR) is 160 cm³/mol. The van der Waals surface area contributed by atoms with E-state index in [0.29, 0.717) is 40.5 Å². The molecule has 5 rings (SSSR count). The maximum absolute atomic E-state index is 12.9. The first-order valence-electron chi connectivity index (χ1n) is 13.4. The highest BCUT2D eigenvalue weighted by molar-refractivity contribution is 7.91. The molecule has 0 amide bonds. The number of rotatable bonds is 10. The van der Waals surface area contributed by atoms with Gasteiger partial charge in [-0.15, -0.1) is 0 Å². The molecule has 0 saturated carbocycles. The van der Waals surface area contributed by atoms with Crippen molar-refractivity contribution >= 4 is 21.3 Å². The van der Waals surface area contributed by atoms with Gasteiger partial charge in [0.05, 0.1) is 30.9 Å². The minimum atomic E-state index is -3.82. The molecule has 0 unspecified atom stereocenters. The Labute approximate surface area is 244 Å². The number of hydrogen-bond donors (Lipinski definition) is 3. The summed E-state index contributed by atoms with van der Waals surface area (Å²) in [6.07, 6.45) is 3.66. The van der Waals surface area contributed by atoms with Gasteiger partial charge in [0.25, 0.3) is 0 Å². The maximum atomic E-state index is 12.9. The van der Waals surface area contributed by atoms with Gasteiger partial charge >= 0.3 is 0 Å². The van der Waals surface area contributed by atoms with Crippen LogP contribution in [0, 0.1) is 6.92 Å². The summed E-state index contributed by atoms with van der Waals surface area (Å²) >= 11 is 0. The lowest BCUT2D eigenvalue weighted by Gasteiger charge is -2.19. The van der Waals surface area contributed by atoms with Crippen LogP contribution in [0.25, 0.3) is 28.2 Å². The van der Waals surface area contributed by atoms with E-state index in [1.54, 1.807) is 42.8 Å². The Morgan fingerprint density at radius 3 is 2.55 bits per heavy atom. The standard InChI is InChI=1S/C30H34N6O5S/c1-19-27(21-9-10-23(41-5)24(16-21)42(39,40)14-13-37)29-33-25(30(2,3)38)17-26(36(29)34-19)32-18-20-7-6-8-22(15-20)28-31-11-12-35(28)4/h6-12,15-17,32,37-38H,13-14,18H2,1-5H3. The van der Waals surface area contributed by atoms with Crippen LogP contribution in [0.15, 0.2) is 65.8 Å². The highest BCUT2D eigenvalue weighted by Gasteiger charge is 2.26. The molecule has 42 heavy (non-hydrogen) atoms. The monoisotopic (exact) mass is 590 g/mol. The molecule has 0 spiro atoms. The fraction of sp³-hybridized carbons (Fsp3) is 0.300. The number of aliphatic hydroxyl groups is 2. The number of aromatic nitrogens is 5. The molecular formula is C30H34N6O5S. The summed E-state index contributed by atoms with van der Waals surface area (Å²) in [6.45, 7) is 5.08. The highest BCUT2D eigenvalue weighted by Crippen LogP contribution is 2.36. The summed E-state index contributed by atoms with van der Waals surface area (Å²) in [7, 11) is -0.469. The minimum absolute atomic E-state index is 0.0279. The third kappa shape index (κ3) is 5.60. The zero-order valence-corrected chi connectivity index (χ0v) is 25.0. The largest absolute Gasteiger partial charge is 0.495 e. The zero-order chi connectivity index (χ0) is 30.2. The summed E-state index contributed by atoms with van der Waals surface area (Å²) in [5, 5.41) is 28.4. The number of ether oxygens (including phenoxy) is 1. The molecule has 220 valence electrons. The third-order valence-corrected chi connectivity index (χ3v) is 8.73. The number of benzene rings is 2. The molecule has 3 aromatic heterocycles. The number of aryl methyl sites for hydroxylation is 2. The lowest BCUT2D eigenvalue weighted by atomic mass is 10.0. The van der Waals surface area contributed by atoms with Crippen LogP contribution in [-0.4, -0.2) is 62.2 Å². The molecule has 0 saturated heterocycles. The van der Waals surface area contributed by atoms with Crippen molar-refractivity contribution in [3.8, 4) is 28.3 Å². The molecule has 0 aliphatic rings. The van der Waals surface area contributed by atoms with Gasteiger partial charge in [0, 0.05) is 43.2 Å². The van der Waals surface area contributed by atoms with E-state index in [2.05, 4.69) is 16.4 Å². The highest BCUT2D eigenvalue weighted by atomic mass is 32.2. The van der Waals surface area contributed by atoms with Crippen LogP contribution < -0.4 is 10.1 Å². The second-order valence-electron chi connectivity index (χ2n) is 10.6.